The van der Waals surface area contributed by atoms with Crippen LogP contribution in [0.25, 0.3) is 10.9 Å². The molecule has 5 nitrogen and oxygen atoms in total. The number of fused-ring (bicyclic) bond motifs is 1. The van der Waals surface area contributed by atoms with Crippen molar-refractivity contribution in [2.24, 2.45) is 11.8 Å². The zero-order chi connectivity index (χ0) is 21.3. The summed E-state index contributed by atoms with van der Waals surface area (Å²) in [6, 6.07) is 7.18. The Kier molecular flexibility index (Phi) is 6.11. The summed E-state index contributed by atoms with van der Waals surface area (Å²) in [6.07, 6.45) is 1.50. The number of alkyl halides is 2. The molecule has 30 heavy (non-hydrogen) atoms. The summed E-state index contributed by atoms with van der Waals surface area (Å²) in [5, 5.41) is 13.2. The number of nitrogens with zero attached hydrogens (tertiary/aromatic N) is 2. The molecule has 1 atom stereocenters. The molecule has 1 aromatic heterocycles. The van der Waals surface area contributed by atoms with Crippen molar-refractivity contribution in [2.45, 2.75) is 38.0 Å². The molecule has 0 spiro atoms. The number of nitrogens with one attached hydrogen (secondary N) is 1. The summed E-state index contributed by atoms with van der Waals surface area (Å²) in [4.78, 5) is 19.7. The Morgan fingerprint density at radius 2 is 1.97 bits per heavy atom. The average molecular weight is 438 g/mol. The molecule has 2 fully saturated rings. The van der Waals surface area contributed by atoms with Crippen molar-refractivity contribution in [1.29, 1.82) is 0 Å². The minimum atomic E-state index is -2.57. The SMILES string of the molecule is O=C(NCC1CCC(F)(F)CC1)c1c(Cl)ccc2nc(N3CC[C@H](CO)C3)ccc12. The highest BCUT2D eigenvalue weighted by Crippen LogP contribution is 2.36. The average Bonchev–Trinajstić information content (AvgIpc) is 3.22. The molecule has 0 unspecified atom stereocenters. The quantitative estimate of drug-likeness (QED) is 0.733. The maximum atomic E-state index is 13.3. The van der Waals surface area contributed by atoms with Gasteiger partial charge in [0, 0.05) is 50.4 Å². The standard InChI is InChI=1S/C22H26ClF2N3O2/c23-17-2-3-18-16(1-4-19(27-18)28-10-7-15(12-28)13-29)20(17)21(30)26-11-14-5-8-22(24,25)9-6-14/h1-4,14-15,29H,5-13H2,(H,26,30)/t15-/m0/s1. The van der Waals surface area contributed by atoms with Gasteiger partial charge in [0.15, 0.2) is 0 Å². The van der Waals surface area contributed by atoms with Crippen LogP contribution in [-0.2, 0) is 0 Å². The van der Waals surface area contributed by atoms with Crippen LogP contribution in [0.5, 0.6) is 0 Å². The first-order chi connectivity index (χ1) is 14.4. The van der Waals surface area contributed by atoms with Crippen LogP contribution in [0.1, 0.15) is 42.5 Å². The third kappa shape index (κ3) is 4.52. The Balaban J connectivity index is 1.49. The molecule has 2 aliphatic rings. The van der Waals surface area contributed by atoms with Gasteiger partial charge in [-0.2, -0.15) is 0 Å². The van der Waals surface area contributed by atoms with Gasteiger partial charge < -0.3 is 15.3 Å². The molecule has 2 heterocycles. The summed E-state index contributed by atoms with van der Waals surface area (Å²) >= 11 is 6.34. The van der Waals surface area contributed by atoms with Crippen LogP contribution in [0.2, 0.25) is 5.02 Å². The van der Waals surface area contributed by atoms with Crippen molar-refractivity contribution < 1.29 is 18.7 Å². The fourth-order valence-electron chi connectivity index (χ4n) is 4.39. The second-order valence-electron chi connectivity index (χ2n) is 8.45. The lowest BCUT2D eigenvalue weighted by molar-refractivity contribution is -0.0452. The highest BCUT2D eigenvalue weighted by Gasteiger charge is 2.35. The van der Waals surface area contributed by atoms with Crippen LogP contribution in [-0.4, -0.2) is 48.2 Å². The minimum Gasteiger partial charge on any atom is -0.396 e. The van der Waals surface area contributed by atoms with Gasteiger partial charge in [-0.25, -0.2) is 13.8 Å². The molecular weight excluding hydrogens is 412 g/mol. The Bertz CT molecular complexity index is 930. The number of amides is 1. The van der Waals surface area contributed by atoms with Crippen molar-refractivity contribution in [3.63, 3.8) is 0 Å². The first kappa shape index (κ1) is 21.2. The Labute approximate surface area is 179 Å². The highest BCUT2D eigenvalue weighted by molar-refractivity contribution is 6.35. The van der Waals surface area contributed by atoms with Gasteiger partial charge >= 0.3 is 0 Å². The lowest BCUT2D eigenvalue weighted by atomic mass is 9.87. The largest absolute Gasteiger partial charge is 0.396 e. The molecule has 2 N–H and O–H groups in total. The number of carbonyl (C=O) groups excluding carboxylic acids is 1. The number of carbonyl (C=O) groups is 1. The highest BCUT2D eigenvalue weighted by atomic mass is 35.5. The molecule has 1 aliphatic heterocycles. The van der Waals surface area contributed by atoms with Gasteiger partial charge in [0.2, 0.25) is 5.92 Å². The molecule has 8 heteroatoms. The summed E-state index contributed by atoms with van der Waals surface area (Å²) in [6.45, 7) is 2.13. The van der Waals surface area contributed by atoms with Crippen LogP contribution in [0.15, 0.2) is 24.3 Å². The molecule has 0 bridgehead atoms. The third-order valence-electron chi connectivity index (χ3n) is 6.29. The van der Waals surface area contributed by atoms with Crippen molar-refractivity contribution in [1.82, 2.24) is 10.3 Å². The summed E-state index contributed by atoms with van der Waals surface area (Å²) < 4.78 is 26.7. The van der Waals surface area contributed by atoms with Gasteiger partial charge in [-0.05, 0) is 49.4 Å². The normalized spacial score (nSPS) is 21.9. The number of aromatic nitrogens is 1. The first-order valence-corrected chi connectivity index (χ1v) is 10.9. The zero-order valence-electron chi connectivity index (χ0n) is 16.7. The third-order valence-corrected chi connectivity index (χ3v) is 6.60. The number of halogens is 3. The van der Waals surface area contributed by atoms with Gasteiger partial charge in [0.25, 0.3) is 5.91 Å². The van der Waals surface area contributed by atoms with E-state index in [-0.39, 0.29) is 37.2 Å². The fourth-order valence-corrected chi connectivity index (χ4v) is 4.64. The van der Waals surface area contributed by atoms with Gasteiger partial charge in [-0.1, -0.05) is 11.6 Å². The minimum absolute atomic E-state index is 0.0571. The second-order valence-corrected chi connectivity index (χ2v) is 8.86. The molecule has 1 saturated heterocycles. The fraction of sp³-hybridized carbons (Fsp3) is 0.545. The molecular formula is C22H26ClF2N3O2. The van der Waals surface area contributed by atoms with E-state index in [1.165, 1.54) is 0 Å². The van der Waals surface area contributed by atoms with E-state index in [9.17, 15) is 18.7 Å². The molecule has 0 radical (unpaired) electrons. The number of hydrogen-bond donors (Lipinski definition) is 2. The Morgan fingerprint density at radius 3 is 2.67 bits per heavy atom. The van der Waals surface area contributed by atoms with Gasteiger partial charge in [0.1, 0.15) is 5.82 Å². The summed E-state index contributed by atoms with van der Waals surface area (Å²) in [7, 11) is 0. The predicted molar refractivity (Wildman–Crippen MR) is 113 cm³/mol. The lowest BCUT2D eigenvalue weighted by Crippen LogP contribution is -2.34. The first-order valence-electron chi connectivity index (χ1n) is 10.5. The number of pyridine rings is 1. The van der Waals surface area contributed by atoms with Crippen LogP contribution < -0.4 is 10.2 Å². The maximum absolute atomic E-state index is 13.3. The van der Waals surface area contributed by atoms with E-state index in [1.54, 1.807) is 12.1 Å². The lowest BCUT2D eigenvalue weighted by Gasteiger charge is -2.28. The number of hydrogen-bond acceptors (Lipinski definition) is 4. The molecule has 1 aliphatic carbocycles. The van der Waals surface area contributed by atoms with Crippen molar-refractivity contribution in [3.05, 3.63) is 34.9 Å². The monoisotopic (exact) mass is 437 g/mol. The van der Waals surface area contributed by atoms with E-state index >= 15 is 0 Å². The number of benzene rings is 1. The van der Waals surface area contributed by atoms with Gasteiger partial charge in [0.05, 0.1) is 16.1 Å². The van der Waals surface area contributed by atoms with E-state index < -0.39 is 5.92 Å². The van der Waals surface area contributed by atoms with Crippen molar-refractivity contribution in [2.75, 3.05) is 31.1 Å². The van der Waals surface area contributed by atoms with Gasteiger partial charge in [-0.15, -0.1) is 0 Å². The van der Waals surface area contributed by atoms with E-state index in [1.807, 2.05) is 12.1 Å². The second kappa shape index (κ2) is 8.63. The number of aliphatic hydroxyl groups is 1. The summed E-state index contributed by atoms with van der Waals surface area (Å²) in [5.41, 5.74) is 1.04. The van der Waals surface area contributed by atoms with Crippen LogP contribution in [0.4, 0.5) is 14.6 Å². The van der Waals surface area contributed by atoms with Crippen LogP contribution >= 0.6 is 11.6 Å². The van der Waals surface area contributed by atoms with Crippen molar-refractivity contribution in [3.8, 4) is 0 Å². The van der Waals surface area contributed by atoms with E-state index in [0.717, 1.165) is 25.3 Å². The van der Waals surface area contributed by atoms with E-state index in [4.69, 9.17) is 16.6 Å². The molecule has 1 aromatic carbocycles. The molecule has 1 amide bonds. The summed E-state index contributed by atoms with van der Waals surface area (Å²) in [5.74, 6) is -1.75. The molecule has 2 aromatic rings. The van der Waals surface area contributed by atoms with Crippen LogP contribution in [0.3, 0.4) is 0 Å². The maximum Gasteiger partial charge on any atom is 0.253 e. The number of anilines is 1. The van der Waals surface area contributed by atoms with Crippen molar-refractivity contribution >= 4 is 34.2 Å². The number of rotatable bonds is 5. The smallest absolute Gasteiger partial charge is 0.253 e. The van der Waals surface area contributed by atoms with E-state index in [2.05, 4.69) is 10.2 Å². The topological polar surface area (TPSA) is 65.5 Å². The molecule has 1 saturated carbocycles. The Hall–Kier alpha value is -1.99. The Morgan fingerprint density at radius 1 is 1.20 bits per heavy atom. The van der Waals surface area contributed by atoms with Gasteiger partial charge in [-0.3, -0.25) is 4.79 Å². The molecule has 162 valence electrons. The number of aliphatic hydroxyl groups excluding tert-OH is 1. The van der Waals surface area contributed by atoms with Crippen LogP contribution in [0, 0.1) is 11.8 Å². The van der Waals surface area contributed by atoms with E-state index in [0.29, 0.717) is 40.9 Å². The zero-order valence-corrected chi connectivity index (χ0v) is 17.5. The molecule has 4 rings (SSSR count). The predicted octanol–water partition coefficient (Wildman–Crippen LogP) is 4.26.